The van der Waals surface area contributed by atoms with Gasteiger partial charge in [0.2, 0.25) is 0 Å². The minimum Gasteiger partial charge on any atom is -0.507 e. The van der Waals surface area contributed by atoms with E-state index in [0.29, 0.717) is 11.4 Å². The Bertz CT molecular complexity index is 2070. The van der Waals surface area contributed by atoms with Crippen molar-refractivity contribution < 1.29 is 27.5 Å². The third-order valence-electron chi connectivity index (χ3n) is 9.01. The molecule has 1 N–H and O–H groups in total. The topological polar surface area (TPSA) is 38.0 Å². The summed E-state index contributed by atoms with van der Waals surface area (Å²) in [4.78, 5) is 5.34. The smallest absolute Gasteiger partial charge is 0.140 e. The summed E-state index contributed by atoms with van der Waals surface area (Å²) in [7, 11) is 0. The molecule has 0 bridgehead atoms. The van der Waals surface area contributed by atoms with Crippen LogP contribution in [0.5, 0.6) is 5.75 Å². The monoisotopic (exact) mass is 827 g/mol. The zero-order valence-electron chi connectivity index (χ0n) is 30.0. The number of aromatic nitrogens is 2. The van der Waals surface area contributed by atoms with Crippen molar-refractivity contribution in [1.82, 2.24) is 9.55 Å². The molecule has 0 unspecified atom stereocenters. The summed E-state index contributed by atoms with van der Waals surface area (Å²) in [6, 6.07) is 42.6. The largest absolute Gasteiger partial charge is 0.507 e. The van der Waals surface area contributed by atoms with Gasteiger partial charge in [-0.3, -0.25) is 4.98 Å². The van der Waals surface area contributed by atoms with Gasteiger partial charge >= 0.3 is 0 Å². The predicted molar refractivity (Wildman–Crippen MR) is 201 cm³/mol. The summed E-state index contributed by atoms with van der Waals surface area (Å²) in [6.07, 6.45) is 2.10. The molecule has 49 heavy (non-hydrogen) atoms. The molecule has 0 saturated heterocycles. The molecule has 1 heterocycles. The second kappa shape index (κ2) is 13.6. The molecule has 6 rings (SSSR count). The molecule has 0 aliphatic heterocycles. The first-order chi connectivity index (χ1) is 22.6. The van der Waals surface area contributed by atoms with Crippen LogP contribution in [0.4, 0.5) is 0 Å². The zero-order valence-corrected chi connectivity index (χ0v) is 32.2. The molecule has 0 saturated carbocycles. The van der Waals surface area contributed by atoms with E-state index in [1.165, 1.54) is 5.56 Å². The van der Waals surface area contributed by atoms with Crippen LogP contribution in [0.2, 0.25) is 0 Å². The maximum Gasteiger partial charge on any atom is 0.140 e. The van der Waals surface area contributed by atoms with Crippen molar-refractivity contribution >= 4 is 0 Å². The predicted octanol–water partition coefficient (Wildman–Crippen LogP) is 11.7. The third-order valence-corrected chi connectivity index (χ3v) is 9.01. The van der Waals surface area contributed by atoms with Crippen molar-refractivity contribution in [3.05, 3.63) is 138 Å². The Labute approximate surface area is 308 Å². The fourth-order valence-corrected chi connectivity index (χ4v) is 6.09. The van der Waals surface area contributed by atoms with Crippen LogP contribution in [0, 0.1) is 12.1 Å². The molecule has 0 aliphatic rings. The number of nitrogens with zero attached hydrogens (tertiary/aromatic N) is 2. The van der Waals surface area contributed by atoms with Crippen molar-refractivity contribution in [3.63, 3.8) is 0 Å². The van der Waals surface area contributed by atoms with Crippen LogP contribution in [-0.4, -0.2) is 14.7 Å². The normalized spacial score (nSPS) is 12.1. The molecule has 4 heteroatoms. The van der Waals surface area contributed by atoms with E-state index in [2.05, 4.69) is 158 Å². The van der Waals surface area contributed by atoms with Crippen LogP contribution < -0.4 is 0 Å². The van der Waals surface area contributed by atoms with E-state index < -0.39 is 0 Å². The Balaban J connectivity index is 0.00000468. The minimum absolute atomic E-state index is 0. The van der Waals surface area contributed by atoms with Gasteiger partial charge in [-0.05, 0) is 51.1 Å². The fraction of sp³-hybridized carbons (Fsp3) is 0.267. The molecule has 6 aromatic rings. The van der Waals surface area contributed by atoms with Gasteiger partial charge in [-0.15, -0.1) is 23.8 Å². The fourth-order valence-electron chi connectivity index (χ4n) is 6.09. The van der Waals surface area contributed by atoms with Gasteiger partial charge in [0.15, 0.2) is 0 Å². The van der Waals surface area contributed by atoms with Gasteiger partial charge in [-0.25, -0.2) is 5.56 Å². The number of hydrogen-bond acceptors (Lipinski definition) is 2. The van der Waals surface area contributed by atoms with Gasteiger partial charge in [-0.2, -0.15) is 42.0 Å². The summed E-state index contributed by atoms with van der Waals surface area (Å²) >= 11 is 0. The molecule has 0 aliphatic carbocycles. The SMILES string of the molecule is CC(C)(C)c1ccc(-n2cc(-c3[c-]c(-c4[c-]cccc4)ccc3)nc2-c2cc(C(C)(C)C)cc(C(C)(C)C)c2O)c(-c2ccccc2)c1.[Au]. The van der Waals surface area contributed by atoms with E-state index in [4.69, 9.17) is 4.98 Å². The van der Waals surface area contributed by atoms with Gasteiger partial charge in [0, 0.05) is 45.4 Å². The van der Waals surface area contributed by atoms with Gasteiger partial charge in [-0.1, -0.05) is 105 Å². The van der Waals surface area contributed by atoms with Crippen LogP contribution >= 0.6 is 0 Å². The van der Waals surface area contributed by atoms with Crippen LogP contribution in [0.15, 0.2) is 109 Å². The maximum absolute atomic E-state index is 12.1. The van der Waals surface area contributed by atoms with Crippen molar-refractivity contribution in [2.75, 3.05) is 0 Å². The molecule has 1 aromatic heterocycles. The van der Waals surface area contributed by atoms with Crippen LogP contribution in [0.25, 0.3) is 50.6 Å². The molecule has 0 atom stereocenters. The second-order valence-electron chi connectivity index (χ2n) is 15.8. The van der Waals surface area contributed by atoms with E-state index >= 15 is 0 Å². The Hall–Kier alpha value is -4.15. The molecule has 0 fully saturated rings. The molecule has 3 nitrogen and oxygen atoms in total. The number of hydrogen-bond donors (Lipinski definition) is 1. The van der Waals surface area contributed by atoms with Crippen molar-refractivity contribution in [1.29, 1.82) is 0 Å². The van der Waals surface area contributed by atoms with Gasteiger partial charge in [0.1, 0.15) is 11.6 Å². The molecule has 1 radical (unpaired) electrons. The van der Waals surface area contributed by atoms with Crippen molar-refractivity contribution in [2.45, 2.75) is 78.6 Å². The number of benzene rings is 5. The third kappa shape index (κ3) is 7.55. The van der Waals surface area contributed by atoms with Crippen molar-refractivity contribution in [3.8, 4) is 56.3 Å². The van der Waals surface area contributed by atoms with E-state index in [9.17, 15) is 5.11 Å². The molecular formula is C45H46AuN2O-2. The molecule has 255 valence electrons. The number of imidazole rings is 1. The number of rotatable bonds is 5. The van der Waals surface area contributed by atoms with E-state index in [1.807, 2.05) is 30.3 Å². The summed E-state index contributed by atoms with van der Waals surface area (Å²) < 4.78 is 2.16. The standard InChI is InChI=1S/C45H46N2O.Au/c1-43(2,3)34-23-24-40(36(26-34)31-19-14-11-15-20-31)47-29-39(33-22-16-21-32(25-33)30-17-12-10-13-18-30)46-42(47)37-27-35(44(4,5)6)28-38(41(37)48)45(7,8)9;/h10-17,19-24,26-29,48H,1-9H3;/q-2;. The Morgan fingerprint density at radius 3 is 1.88 bits per heavy atom. The first kappa shape index (κ1) is 36.1. The molecule has 0 amide bonds. The Kier molecular flexibility index (Phi) is 10.1. The second-order valence-corrected chi connectivity index (χ2v) is 15.8. The first-order valence-corrected chi connectivity index (χ1v) is 16.8. The summed E-state index contributed by atoms with van der Waals surface area (Å²) in [5, 5.41) is 12.1. The van der Waals surface area contributed by atoms with Gasteiger partial charge < -0.3 is 9.67 Å². The van der Waals surface area contributed by atoms with E-state index in [0.717, 1.165) is 50.3 Å². The Morgan fingerprint density at radius 1 is 0.612 bits per heavy atom. The maximum atomic E-state index is 12.1. The first-order valence-electron chi connectivity index (χ1n) is 16.8. The molecule has 5 aromatic carbocycles. The van der Waals surface area contributed by atoms with Crippen LogP contribution in [-0.2, 0) is 38.6 Å². The summed E-state index contributed by atoms with van der Waals surface area (Å²) in [5.74, 6) is 0.947. The molecule has 0 spiro atoms. The van der Waals surface area contributed by atoms with E-state index in [-0.39, 0.29) is 44.4 Å². The Morgan fingerprint density at radius 2 is 1.24 bits per heavy atom. The average Bonchev–Trinajstić information content (AvgIpc) is 3.49. The van der Waals surface area contributed by atoms with Crippen LogP contribution in [0.3, 0.4) is 0 Å². The van der Waals surface area contributed by atoms with Gasteiger partial charge in [0.25, 0.3) is 0 Å². The minimum atomic E-state index is -0.280. The van der Waals surface area contributed by atoms with E-state index in [1.54, 1.807) is 0 Å². The average molecular weight is 828 g/mol. The number of aromatic hydroxyl groups is 1. The molecular weight excluding hydrogens is 781 g/mol. The van der Waals surface area contributed by atoms with Crippen LogP contribution in [0.1, 0.15) is 79.0 Å². The van der Waals surface area contributed by atoms with Gasteiger partial charge in [0.05, 0.1) is 11.3 Å². The number of phenolic OH excluding ortho intramolecular Hbond substituents is 1. The number of phenols is 1. The summed E-state index contributed by atoms with van der Waals surface area (Å²) in [6.45, 7) is 19.8. The zero-order chi connectivity index (χ0) is 34.4. The van der Waals surface area contributed by atoms with Crippen molar-refractivity contribution in [2.24, 2.45) is 0 Å². The quantitative estimate of drug-likeness (QED) is 0.139. The summed E-state index contributed by atoms with van der Waals surface area (Å²) in [5.41, 5.74) is 10.4.